The van der Waals surface area contributed by atoms with Crippen LogP contribution >= 0.6 is 46.3 Å². The normalized spacial score (nSPS) is 13.0. The van der Waals surface area contributed by atoms with Gasteiger partial charge in [-0.2, -0.15) is 0 Å². The number of aryl methyl sites for hydroxylation is 1. The molecule has 53 heavy (non-hydrogen) atoms. The van der Waals surface area contributed by atoms with Crippen molar-refractivity contribution in [3.63, 3.8) is 0 Å². The third-order valence-electron chi connectivity index (χ3n) is 8.38. The van der Waals surface area contributed by atoms with Crippen molar-refractivity contribution in [1.82, 2.24) is 5.32 Å². The SMILES string of the molecule is CCOC(=O)c1c(NC(=O)C(Sc2cccc(NC(=O)/C(=C\c3cccc(Cl)c3Cl)NC(=O)c3ccccc3)c2)c2ccccc2)sc2c1CCCC2. The number of hydrogen-bond donors (Lipinski definition) is 3. The molecular formula is C41H35Cl2N3O5S2. The molecule has 0 saturated carbocycles. The van der Waals surface area contributed by atoms with Crippen LogP contribution < -0.4 is 16.0 Å². The van der Waals surface area contributed by atoms with E-state index in [9.17, 15) is 19.2 Å². The van der Waals surface area contributed by atoms with Crippen LogP contribution in [0.3, 0.4) is 0 Å². The Kier molecular flexibility index (Phi) is 12.7. The Morgan fingerprint density at radius 3 is 2.34 bits per heavy atom. The Labute approximate surface area is 325 Å². The van der Waals surface area contributed by atoms with E-state index in [1.165, 1.54) is 29.2 Å². The number of nitrogens with one attached hydrogen (secondary N) is 3. The topological polar surface area (TPSA) is 114 Å². The van der Waals surface area contributed by atoms with Gasteiger partial charge in [0.1, 0.15) is 15.9 Å². The first-order valence-corrected chi connectivity index (χ1v) is 19.4. The summed E-state index contributed by atoms with van der Waals surface area (Å²) in [5.74, 6) is -1.81. The second kappa shape index (κ2) is 17.8. The lowest BCUT2D eigenvalue weighted by Gasteiger charge is -2.18. The molecule has 5 aromatic rings. The number of rotatable bonds is 12. The number of amides is 3. The van der Waals surface area contributed by atoms with Gasteiger partial charge in [0.05, 0.1) is 22.2 Å². The van der Waals surface area contributed by atoms with Crippen LogP contribution in [0.15, 0.2) is 114 Å². The van der Waals surface area contributed by atoms with Crippen LogP contribution in [-0.4, -0.2) is 30.3 Å². The van der Waals surface area contributed by atoms with E-state index in [0.717, 1.165) is 41.7 Å². The minimum atomic E-state index is -0.707. The standard InChI is InChI=1S/C41H35Cl2N3O5S2/c1-2-51-41(50)34-30-20-9-10-22-33(30)53-40(34)46-39(49)36(25-13-5-3-6-14-25)52-29-19-12-18-28(24-29)44-38(48)32(23-27-17-11-21-31(42)35(27)43)45-37(47)26-15-7-4-8-16-26/h3-8,11-19,21,23-24,36H,2,9-10,20,22H2,1H3,(H,44,48)(H,45,47)(H,46,49)/b32-23+. The first-order chi connectivity index (χ1) is 25.7. The molecule has 1 aromatic heterocycles. The lowest BCUT2D eigenvalue weighted by atomic mass is 9.95. The number of esters is 1. The number of carbonyl (C=O) groups is 4. The maximum Gasteiger partial charge on any atom is 0.341 e. The molecule has 4 aromatic carbocycles. The highest BCUT2D eigenvalue weighted by Crippen LogP contribution is 2.42. The van der Waals surface area contributed by atoms with Crippen molar-refractivity contribution >= 4 is 86.8 Å². The summed E-state index contributed by atoms with van der Waals surface area (Å²) in [5, 5.41) is 8.98. The van der Waals surface area contributed by atoms with Gasteiger partial charge in [0.25, 0.3) is 11.8 Å². The van der Waals surface area contributed by atoms with E-state index in [-0.39, 0.29) is 23.2 Å². The zero-order valence-electron chi connectivity index (χ0n) is 28.6. The van der Waals surface area contributed by atoms with Crippen LogP contribution in [-0.2, 0) is 27.2 Å². The maximum atomic E-state index is 14.1. The average molecular weight is 785 g/mol. The Morgan fingerprint density at radius 1 is 0.868 bits per heavy atom. The Hall–Kier alpha value is -4.87. The van der Waals surface area contributed by atoms with Crippen LogP contribution in [0.25, 0.3) is 6.08 Å². The highest BCUT2D eigenvalue weighted by molar-refractivity contribution is 8.00. The molecule has 0 radical (unpaired) electrons. The summed E-state index contributed by atoms with van der Waals surface area (Å²) in [4.78, 5) is 56.0. The molecule has 270 valence electrons. The molecule has 12 heteroatoms. The fourth-order valence-electron chi connectivity index (χ4n) is 5.86. The predicted molar refractivity (Wildman–Crippen MR) is 214 cm³/mol. The Balaban J connectivity index is 1.26. The molecule has 1 aliphatic rings. The predicted octanol–water partition coefficient (Wildman–Crippen LogP) is 9.99. The molecule has 6 rings (SSSR count). The summed E-state index contributed by atoms with van der Waals surface area (Å²) in [6.45, 7) is 2.00. The van der Waals surface area contributed by atoms with Gasteiger partial charge in [-0.15, -0.1) is 23.1 Å². The number of halogens is 2. The fraction of sp³-hybridized carbons (Fsp3) is 0.171. The summed E-state index contributed by atoms with van der Waals surface area (Å²) < 4.78 is 5.40. The monoisotopic (exact) mass is 783 g/mol. The summed E-state index contributed by atoms with van der Waals surface area (Å²) in [6.07, 6.45) is 5.10. The van der Waals surface area contributed by atoms with E-state index < -0.39 is 23.0 Å². The molecule has 0 aliphatic heterocycles. The van der Waals surface area contributed by atoms with Crippen LogP contribution in [0.4, 0.5) is 10.7 Å². The average Bonchev–Trinajstić information content (AvgIpc) is 3.54. The van der Waals surface area contributed by atoms with Gasteiger partial charge >= 0.3 is 5.97 Å². The largest absolute Gasteiger partial charge is 0.462 e. The summed E-state index contributed by atoms with van der Waals surface area (Å²) in [6, 6.07) is 30.0. The van der Waals surface area contributed by atoms with Crippen LogP contribution in [0.1, 0.15) is 67.3 Å². The van der Waals surface area contributed by atoms with Crippen LogP contribution in [0.5, 0.6) is 0 Å². The quantitative estimate of drug-likeness (QED) is 0.0660. The van der Waals surface area contributed by atoms with Gasteiger partial charge < -0.3 is 20.7 Å². The summed E-state index contributed by atoms with van der Waals surface area (Å²) in [5.41, 5.74) is 3.35. The number of hydrogen-bond acceptors (Lipinski definition) is 7. The molecule has 1 atom stereocenters. The zero-order valence-corrected chi connectivity index (χ0v) is 31.8. The van der Waals surface area contributed by atoms with E-state index >= 15 is 0 Å². The van der Waals surface area contributed by atoms with Gasteiger partial charge in [-0.1, -0.05) is 89.9 Å². The number of fused-ring (bicyclic) bond motifs is 1. The first-order valence-electron chi connectivity index (χ1n) is 17.0. The number of thiophene rings is 1. The Bertz CT molecular complexity index is 2170. The second-order valence-corrected chi connectivity index (χ2v) is 15.1. The van der Waals surface area contributed by atoms with Gasteiger partial charge in [0.15, 0.2) is 0 Å². The van der Waals surface area contributed by atoms with Gasteiger partial charge in [0, 0.05) is 21.0 Å². The van der Waals surface area contributed by atoms with Gasteiger partial charge in [-0.25, -0.2) is 4.79 Å². The van der Waals surface area contributed by atoms with E-state index in [1.807, 2.05) is 36.4 Å². The van der Waals surface area contributed by atoms with E-state index in [1.54, 1.807) is 73.7 Å². The van der Waals surface area contributed by atoms with Crippen molar-refractivity contribution < 1.29 is 23.9 Å². The lowest BCUT2D eigenvalue weighted by molar-refractivity contribution is -0.116. The summed E-state index contributed by atoms with van der Waals surface area (Å²) >= 11 is 15.4. The molecule has 1 unspecified atom stereocenters. The molecule has 3 amide bonds. The van der Waals surface area contributed by atoms with E-state index in [4.69, 9.17) is 27.9 Å². The fourth-order valence-corrected chi connectivity index (χ4v) is 8.59. The van der Waals surface area contributed by atoms with Gasteiger partial charge in [0.2, 0.25) is 5.91 Å². The van der Waals surface area contributed by atoms with Crippen molar-refractivity contribution in [3.8, 4) is 0 Å². The van der Waals surface area contributed by atoms with Crippen molar-refractivity contribution in [2.45, 2.75) is 42.8 Å². The maximum absolute atomic E-state index is 14.1. The third-order valence-corrected chi connectivity index (χ3v) is 11.7. The smallest absolute Gasteiger partial charge is 0.341 e. The molecule has 0 saturated heterocycles. The Morgan fingerprint density at radius 2 is 1.58 bits per heavy atom. The molecule has 1 heterocycles. The van der Waals surface area contributed by atoms with E-state index in [0.29, 0.717) is 37.3 Å². The number of anilines is 2. The number of benzene rings is 4. The minimum Gasteiger partial charge on any atom is -0.462 e. The summed E-state index contributed by atoms with van der Waals surface area (Å²) in [7, 11) is 0. The van der Waals surface area contributed by atoms with Gasteiger partial charge in [-0.05, 0) is 91.8 Å². The van der Waals surface area contributed by atoms with E-state index in [2.05, 4.69) is 16.0 Å². The number of carbonyl (C=O) groups excluding carboxylic acids is 4. The van der Waals surface area contributed by atoms with Crippen molar-refractivity contribution in [3.05, 3.63) is 152 Å². The third kappa shape index (κ3) is 9.39. The molecule has 8 nitrogen and oxygen atoms in total. The molecule has 3 N–H and O–H groups in total. The van der Waals surface area contributed by atoms with Crippen LogP contribution in [0.2, 0.25) is 10.0 Å². The first kappa shape index (κ1) is 37.9. The highest BCUT2D eigenvalue weighted by Gasteiger charge is 2.30. The zero-order chi connectivity index (χ0) is 37.3. The molecular weight excluding hydrogens is 750 g/mol. The molecule has 0 fully saturated rings. The molecule has 1 aliphatic carbocycles. The number of ether oxygens (including phenoxy) is 1. The number of thioether (sulfide) groups is 1. The molecule has 0 spiro atoms. The van der Waals surface area contributed by atoms with Crippen molar-refractivity contribution in [1.29, 1.82) is 0 Å². The lowest BCUT2D eigenvalue weighted by Crippen LogP contribution is -2.30. The minimum absolute atomic E-state index is 0.0568. The van der Waals surface area contributed by atoms with Crippen LogP contribution in [0, 0.1) is 0 Å². The molecule has 0 bridgehead atoms. The van der Waals surface area contributed by atoms with Crippen molar-refractivity contribution in [2.24, 2.45) is 0 Å². The highest BCUT2D eigenvalue weighted by atomic mass is 35.5. The van der Waals surface area contributed by atoms with Crippen molar-refractivity contribution in [2.75, 3.05) is 17.2 Å². The second-order valence-electron chi connectivity index (χ2n) is 12.0. The van der Waals surface area contributed by atoms with Gasteiger partial charge in [-0.3, -0.25) is 14.4 Å².